The summed E-state index contributed by atoms with van der Waals surface area (Å²) in [6.07, 6.45) is 3.81. The number of hydrogen-bond donors (Lipinski definition) is 0. The van der Waals surface area contributed by atoms with Gasteiger partial charge in [-0.05, 0) is 18.6 Å². The lowest BCUT2D eigenvalue weighted by atomic mass is 10.1. The van der Waals surface area contributed by atoms with Gasteiger partial charge in [-0.3, -0.25) is 4.79 Å². The van der Waals surface area contributed by atoms with Crippen LogP contribution in [0.3, 0.4) is 0 Å². The van der Waals surface area contributed by atoms with Gasteiger partial charge in [0.2, 0.25) is 0 Å². The molecule has 2 aromatic rings. The Morgan fingerprint density at radius 3 is 2.89 bits per heavy atom. The molecule has 0 aliphatic rings. The summed E-state index contributed by atoms with van der Waals surface area (Å²) in [5.41, 5.74) is 1.81. The first-order valence-corrected chi connectivity index (χ1v) is 6.46. The van der Waals surface area contributed by atoms with E-state index in [0.717, 1.165) is 42.3 Å². The standard InChI is InChI=1S/C15H19NO3/c1-18-9-3-10-19-11-8-16-7-6-14-13(12-17)4-2-5-15(14)16/h2,4-7,12H,3,8-11H2,1H3. The van der Waals surface area contributed by atoms with Crippen LogP contribution in [-0.2, 0) is 16.0 Å². The lowest BCUT2D eigenvalue weighted by Gasteiger charge is -2.07. The molecule has 0 bridgehead atoms. The van der Waals surface area contributed by atoms with Crippen molar-refractivity contribution in [2.75, 3.05) is 26.9 Å². The van der Waals surface area contributed by atoms with Gasteiger partial charge in [-0.1, -0.05) is 12.1 Å². The van der Waals surface area contributed by atoms with Gasteiger partial charge in [0.05, 0.1) is 6.61 Å². The largest absolute Gasteiger partial charge is 0.385 e. The van der Waals surface area contributed by atoms with Crippen molar-refractivity contribution in [1.82, 2.24) is 4.57 Å². The van der Waals surface area contributed by atoms with Gasteiger partial charge < -0.3 is 14.0 Å². The number of fused-ring (bicyclic) bond motifs is 1. The second-order valence-corrected chi connectivity index (χ2v) is 4.37. The molecule has 0 unspecified atom stereocenters. The van der Waals surface area contributed by atoms with Crippen molar-refractivity contribution in [2.24, 2.45) is 0 Å². The average Bonchev–Trinajstić information content (AvgIpc) is 2.86. The number of nitrogens with zero attached hydrogens (tertiary/aromatic N) is 1. The molecule has 102 valence electrons. The van der Waals surface area contributed by atoms with Crippen LogP contribution in [-0.4, -0.2) is 37.8 Å². The van der Waals surface area contributed by atoms with E-state index in [2.05, 4.69) is 4.57 Å². The third-order valence-electron chi connectivity index (χ3n) is 3.09. The molecule has 0 saturated heterocycles. The van der Waals surface area contributed by atoms with E-state index >= 15 is 0 Å². The van der Waals surface area contributed by atoms with E-state index < -0.39 is 0 Å². The maximum absolute atomic E-state index is 10.9. The Morgan fingerprint density at radius 2 is 2.11 bits per heavy atom. The van der Waals surface area contributed by atoms with Gasteiger partial charge in [-0.15, -0.1) is 0 Å². The number of aldehydes is 1. The molecule has 2 rings (SSSR count). The highest BCUT2D eigenvalue weighted by molar-refractivity contribution is 5.97. The monoisotopic (exact) mass is 261 g/mol. The summed E-state index contributed by atoms with van der Waals surface area (Å²) in [5, 5.41) is 0.997. The van der Waals surface area contributed by atoms with Crippen LogP contribution in [0.25, 0.3) is 10.9 Å². The molecule has 1 aromatic carbocycles. The quantitative estimate of drug-likeness (QED) is 0.541. The molecule has 0 saturated carbocycles. The molecule has 0 aliphatic heterocycles. The van der Waals surface area contributed by atoms with Gasteiger partial charge in [0, 0.05) is 49.5 Å². The van der Waals surface area contributed by atoms with E-state index in [0.29, 0.717) is 13.2 Å². The van der Waals surface area contributed by atoms with Crippen molar-refractivity contribution in [3.63, 3.8) is 0 Å². The van der Waals surface area contributed by atoms with Crippen LogP contribution >= 0.6 is 0 Å². The van der Waals surface area contributed by atoms with Gasteiger partial charge in [0.1, 0.15) is 0 Å². The molecule has 4 nitrogen and oxygen atoms in total. The molecule has 0 atom stereocenters. The molecule has 0 aliphatic carbocycles. The summed E-state index contributed by atoms with van der Waals surface area (Å²) in [4.78, 5) is 10.9. The SMILES string of the molecule is COCCCOCCn1ccc2c(C=O)cccc21. The Morgan fingerprint density at radius 1 is 1.21 bits per heavy atom. The van der Waals surface area contributed by atoms with E-state index in [1.165, 1.54) is 0 Å². The zero-order valence-electron chi connectivity index (χ0n) is 11.2. The third-order valence-corrected chi connectivity index (χ3v) is 3.09. The van der Waals surface area contributed by atoms with Gasteiger partial charge in [0.15, 0.2) is 6.29 Å². The number of carbonyl (C=O) groups is 1. The lowest BCUT2D eigenvalue weighted by molar-refractivity contribution is 0.0982. The molecule has 0 N–H and O–H groups in total. The molecule has 4 heteroatoms. The van der Waals surface area contributed by atoms with Crippen LogP contribution < -0.4 is 0 Å². The molecular weight excluding hydrogens is 242 g/mol. The molecule has 0 radical (unpaired) electrons. The van der Waals surface area contributed by atoms with Crippen LogP contribution in [0, 0.1) is 0 Å². The van der Waals surface area contributed by atoms with Crippen molar-refractivity contribution in [1.29, 1.82) is 0 Å². The minimum atomic E-state index is 0.665. The smallest absolute Gasteiger partial charge is 0.150 e. The first-order valence-electron chi connectivity index (χ1n) is 6.46. The molecule has 1 aromatic heterocycles. The fourth-order valence-corrected chi connectivity index (χ4v) is 2.12. The first-order chi connectivity index (χ1) is 9.36. The number of methoxy groups -OCH3 is 1. The fraction of sp³-hybridized carbons (Fsp3) is 0.400. The van der Waals surface area contributed by atoms with Gasteiger partial charge in [-0.25, -0.2) is 0 Å². The Bertz CT molecular complexity index is 533. The molecule has 19 heavy (non-hydrogen) atoms. The highest BCUT2D eigenvalue weighted by Gasteiger charge is 2.04. The Labute approximate surface area is 112 Å². The van der Waals surface area contributed by atoms with E-state index in [4.69, 9.17) is 9.47 Å². The third kappa shape index (κ3) is 3.43. The highest BCUT2D eigenvalue weighted by Crippen LogP contribution is 2.18. The van der Waals surface area contributed by atoms with Gasteiger partial charge >= 0.3 is 0 Å². The summed E-state index contributed by atoms with van der Waals surface area (Å²) in [6.45, 7) is 2.90. The van der Waals surface area contributed by atoms with E-state index in [9.17, 15) is 4.79 Å². The number of carbonyl (C=O) groups excluding carboxylic acids is 1. The average molecular weight is 261 g/mol. The second kappa shape index (κ2) is 7.07. The van der Waals surface area contributed by atoms with Crippen LogP contribution in [0.4, 0.5) is 0 Å². The number of aromatic nitrogens is 1. The summed E-state index contributed by atoms with van der Waals surface area (Å²) in [7, 11) is 1.69. The van der Waals surface area contributed by atoms with Gasteiger partial charge in [0.25, 0.3) is 0 Å². The first kappa shape index (κ1) is 13.8. The Kier molecular flexibility index (Phi) is 5.12. The van der Waals surface area contributed by atoms with Crippen LogP contribution in [0.2, 0.25) is 0 Å². The molecule has 0 amide bonds. The zero-order chi connectivity index (χ0) is 13.5. The Hall–Kier alpha value is -1.65. The van der Waals surface area contributed by atoms with Crippen molar-refractivity contribution in [3.8, 4) is 0 Å². The molecule has 1 heterocycles. The molecule has 0 fully saturated rings. The second-order valence-electron chi connectivity index (χ2n) is 4.37. The number of ether oxygens (including phenoxy) is 2. The molecular formula is C15H19NO3. The van der Waals surface area contributed by atoms with E-state index in [1.54, 1.807) is 7.11 Å². The topological polar surface area (TPSA) is 40.5 Å². The van der Waals surface area contributed by atoms with E-state index in [-0.39, 0.29) is 0 Å². The van der Waals surface area contributed by atoms with Gasteiger partial charge in [-0.2, -0.15) is 0 Å². The normalized spacial score (nSPS) is 11.0. The predicted molar refractivity (Wildman–Crippen MR) is 74.6 cm³/mol. The minimum Gasteiger partial charge on any atom is -0.385 e. The highest BCUT2D eigenvalue weighted by atomic mass is 16.5. The summed E-state index contributed by atoms with van der Waals surface area (Å²) >= 11 is 0. The number of hydrogen-bond acceptors (Lipinski definition) is 3. The number of rotatable bonds is 8. The zero-order valence-corrected chi connectivity index (χ0v) is 11.2. The van der Waals surface area contributed by atoms with Crippen LogP contribution in [0.1, 0.15) is 16.8 Å². The summed E-state index contributed by atoms with van der Waals surface area (Å²) < 4.78 is 12.6. The summed E-state index contributed by atoms with van der Waals surface area (Å²) in [5.74, 6) is 0. The van der Waals surface area contributed by atoms with Crippen molar-refractivity contribution in [2.45, 2.75) is 13.0 Å². The van der Waals surface area contributed by atoms with Crippen molar-refractivity contribution in [3.05, 3.63) is 36.0 Å². The van der Waals surface area contributed by atoms with Crippen molar-refractivity contribution < 1.29 is 14.3 Å². The maximum Gasteiger partial charge on any atom is 0.150 e. The maximum atomic E-state index is 10.9. The van der Waals surface area contributed by atoms with E-state index in [1.807, 2.05) is 30.5 Å². The fourth-order valence-electron chi connectivity index (χ4n) is 2.12. The van der Waals surface area contributed by atoms with Crippen LogP contribution in [0.5, 0.6) is 0 Å². The Balaban J connectivity index is 1.92. The molecule has 0 spiro atoms. The van der Waals surface area contributed by atoms with Crippen LogP contribution in [0.15, 0.2) is 30.5 Å². The summed E-state index contributed by atoms with van der Waals surface area (Å²) in [6, 6.07) is 7.74. The predicted octanol–water partition coefficient (Wildman–Crippen LogP) is 2.51. The van der Waals surface area contributed by atoms with Crippen molar-refractivity contribution >= 4 is 17.2 Å². The minimum absolute atomic E-state index is 0.665. The lowest BCUT2D eigenvalue weighted by Crippen LogP contribution is -2.07. The number of benzene rings is 1.